The Labute approximate surface area is 96.1 Å². The number of nitrogens with two attached hydrogens (primary N) is 1. The highest BCUT2D eigenvalue weighted by atomic mass is 35.5. The molecule has 0 aliphatic rings. The average molecular weight is 241 g/mol. The Hall–Kier alpha value is -1.39. The monoisotopic (exact) mass is 240 g/mol. The lowest BCUT2D eigenvalue weighted by molar-refractivity contribution is 1.07. The van der Waals surface area contributed by atoms with Crippen LogP contribution in [0, 0.1) is 0 Å². The molecule has 0 atom stereocenters. The zero-order chi connectivity index (χ0) is 10.8. The molecule has 1 aromatic carbocycles. The van der Waals surface area contributed by atoms with Crippen LogP contribution in [-0.4, -0.2) is 15.0 Å². The van der Waals surface area contributed by atoms with Gasteiger partial charge >= 0.3 is 0 Å². The van der Waals surface area contributed by atoms with E-state index in [0.717, 1.165) is 5.56 Å². The number of hydrogen-bond acceptors (Lipinski definition) is 4. The minimum atomic E-state index is 0.0763. The molecule has 0 amide bonds. The SMILES string of the molecule is Nc1nc(Cl)nc(-c2ccc(Cl)cc2)n1. The fourth-order valence-electron chi connectivity index (χ4n) is 1.09. The van der Waals surface area contributed by atoms with Crippen LogP contribution < -0.4 is 5.73 Å². The van der Waals surface area contributed by atoms with Gasteiger partial charge in [-0.25, -0.2) is 0 Å². The number of aromatic nitrogens is 3. The summed E-state index contributed by atoms with van der Waals surface area (Å²) in [6, 6.07) is 7.05. The lowest BCUT2D eigenvalue weighted by Crippen LogP contribution is -1.99. The van der Waals surface area contributed by atoms with Crippen LogP contribution in [0.4, 0.5) is 5.95 Å². The molecule has 0 aliphatic heterocycles. The summed E-state index contributed by atoms with van der Waals surface area (Å²) >= 11 is 11.4. The van der Waals surface area contributed by atoms with Gasteiger partial charge in [0.1, 0.15) is 0 Å². The van der Waals surface area contributed by atoms with Gasteiger partial charge in [-0.15, -0.1) is 0 Å². The van der Waals surface area contributed by atoms with Gasteiger partial charge in [-0.05, 0) is 35.9 Å². The predicted molar refractivity (Wildman–Crippen MR) is 59.7 cm³/mol. The normalized spacial score (nSPS) is 10.3. The third kappa shape index (κ3) is 2.34. The fourth-order valence-corrected chi connectivity index (χ4v) is 1.39. The maximum absolute atomic E-state index is 5.76. The van der Waals surface area contributed by atoms with Crippen molar-refractivity contribution in [2.45, 2.75) is 0 Å². The van der Waals surface area contributed by atoms with E-state index >= 15 is 0 Å². The van der Waals surface area contributed by atoms with Crippen LogP contribution in [0.3, 0.4) is 0 Å². The molecule has 0 unspecified atom stereocenters. The molecule has 2 N–H and O–H groups in total. The summed E-state index contributed by atoms with van der Waals surface area (Å²) in [5.74, 6) is 0.532. The Morgan fingerprint density at radius 2 is 1.60 bits per heavy atom. The summed E-state index contributed by atoms with van der Waals surface area (Å²) in [5, 5.41) is 0.722. The second kappa shape index (κ2) is 4.00. The predicted octanol–water partition coefficient (Wildman–Crippen LogP) is 2.43. The van der Waals surface area contributed by atoms with Crippen LogP contribution in [0.1, 0.15) is 0 Å². The standard InChI is InChI=1S/C9H6Cl2N4/c10-6-3-1-5(2-4-6)7-13-8(11)15-9(12)14-7/h1-4H,(H2,12,13,14,15). The molecule has 0 spiro atoms. The smallest absolute Gasteiger partial charge is 0.227 e. The molecule has 0 saturated carbocycles. The van der Waals surface area contributed by atoms with E-state index in [1.54, 1.807) is 24.3 Å². The van der Waals surface area contributed by atoms with Crippen LogP contribution in [0.25, 0.3) is 11.4 Å². The van der Waals surface area contributed by atoms with Gasteiger partial charge in [0.05, 0.1) is 0 Å². The van der Waals surface area contributed by atoms with Crippen molar-refractivity contribution in [1.29, 1.82) is 0 Å². The van der Waals surface area contributed by atoms with E-state index in [9.17, 15) is 0 Å². The first-order chi connectivity index (χ1) is 7.15. The topological polar surface area (TPSA) is 64.7 Å². The maximum atomic E-state index is 5.76. The van der Waals surface area contributed by atoms with Crippen LogP contribution in [0.15, 0.2) is 24.3 Å². The number of hydrogen-bond donors (Lipinski definition) is 1. The number of nitrogens with zero attached hydrogens (tertiary/aromatic N) is 3. The Bertz CT molecular complexity index is 464. The highest BCUT2D eigenvalue weighted by Gasteiger charge is 2.04. The molecule has 6 heteroatoms. The van der Waals surface area contributed by atoms with Crippen LogP contribution in [0.2, 0.25) is 10.3 Å². The molecule has 1 heterocycles. The molecule has 0 saturated heterocycles. The zero-order valence-corrected chi connectivity index (χ0v) is 9.00. The van der Waals surface area contributed by atoms with Crippen molar-refractivity contribution in [2.75, 3.05) is 5.73 Å². The van der Waals surface area contributed by atoms with Gasteiger partial charge in [-0.1, -0.05) is 11.6 Å². The molecule has 0 aliphatic carbocycles. The Morgan fingerprint density at radius 1 is 0.933 bits per heavy atom. The fraction of sp³-hybridized carbons (Fsp3) is 0. The summed E-state index contributed by atoms with van der Waals surface area (Å²) in [5.41, 5.74) is 6.24. The van der Waals surface area contributed by atoms with E-state index in [1.807, 2.05) is 0 Å². The summed E-state index contributed by atoms with van der Waals surface area (Å²) in [6.45, 7) is 0. The van der Waals surface area contributed by atoms with Gasteiger partial charge in [0.25, 0.3) is 0 Å². The Morgan fingerprint density at radius 3 is 2.20 bits per heavy atom. The Balaban J connectivity index is 2.49. The molecule has 76 valence electrons. The van der Waals surface area contributed by atoms with E-state index in [2.05, 4.69) is 15.0 Å². The lowest BCUT2D eigenvalue weighted by Gasteiger charge is -2.01. The van der Waals surface area contributed by atoms with Crippen LogP contribution in [0.5, 0.6) is 0 Å². The third-order valence-electron chi connectivity index (χ3n) is 1.73. The number of nitrogen functional groups attached to an aromatic ring is 1. The molecular formula is C9H6Cl2N4. The maximum Gasteiger partial charge on any atom is 0.227 e. The molecule has 15 heavy (non-hydrogen) atoms. The second-order valence-electron chi connectivity index (χ2n) is 2.79. The Kier molecular flexibility index (Phi) is 2.70. The van der Waals surface area contributed by atoms with Crippen molar-refractivity contribution in [1.82, 2.24) is 15.0 Å². The van der Waals surface area contributed by atoms with Crippen molar-refractivity contribution in [3.63, 3.8) is 0 Å². The van der Waals surface area contributed by atoms with Crippen LogP contribution in [-0.2, 0) is 0 Å². The number of anilines is 1. The molecular weight excluding hydrogens is 235 g/mol. The molecule has 0 radical (unpaired) electrons. The molecule has 4 nitrogen and oxygen atoms in total. The first kappa shape index (κ1) is 10.1. The van der Waals surface area contributed by atoms with E-state index in [0.29, 0.717) is 10.8 Å². The number of rotatable bonds is 1. The highest BCUT2D eigenvalue weighted by Crippen LogP contribution is 2.19. The molecule has 2 rings (SSSR count). The molecule has 0 fully saturated rings. The second-order valence-corrected chi connectivity index (χ2v) is 3.57. The van der Waals surface area contributed by atoms with E-state index in [-0.39, 0.29) is 11.2 Å². The third-order valence-corrected chi connectivity index (χ3v) is 2.15. The largest absolute Gasteiger partial charge is 0.368 e. The number of benzene rings is 1. The summed E-state index contributed by atoms with van der Waals surface area (Å²) < 4.78 is 0. The molecule has 1 aromatic heterocycles. The van der Waals surface area contributed by atoms with Gasteiger partial charge in [-0.2, -0.15) is 15.0 Å². The lowest BCUT2D eigenvalue weighted by atomic mass is 10.2. The summed E-state index contributed by atoms with van der Waals surface area (Å²) in [7, 11) is 0. The first-order valence-electron chi connectivity index (χ1n) is 4.08. The summed E-state index contributed by atoms with van der Waals surface area (Å²) in [6.07, 6.45) is 0. The van der Waals surface area contributed by atoms with E-state index in [4.69, 9.17) is 28.9 Å². The van der Waals surface area contributed by atoms with Crippen LogP contribution >= 0.6 is 23.2 Å². The van der Waals surface area contributed by atoms with Gasteiger partial charge in [0, 0.05) is 10.6 Å². The van der Waals surface area contributed by atoms with Crippen molar-refractivity contribution in [3.8, 4) is 11.4 Å². The van der Waals surface area contributed by atoms with Gasteiger partial charge in [0.15, 0.2) is 5.82 Å². The zero-order valence-electron chi connectivity index (χ0n) is 7.48. The van der Waals surface area contributed by atoms with E-state index in [1.165, 1.54) is 0 Å². The van der Waals surface area contributed by atoms with Crippen molar-refractivity contribution >= 4 is 29.2 Å². The average Bonchev–Trinajstić information content (AvgIpc) is 2.17. The summed E-state index contributed by atoms with van der Waals surface area (Å²) in [4.78, 5) is 11.6. The van der Waals surface area contributed by atoms with Gasteiger partial charge in [0.2, 0.25) is 11.2 Å². The van der Waals surface area contributed by atoms with Crippen molar-refractivity contribution in [2.24, 2.45) is 0 Å². The molecule has 0 bridgehead atoms. The van der Waals surface area contributed by atoms with Gasteiger partial charge in [-0.3, -0.25) is 0 Å². The quantitative estimate of drug-likeness (QED) is 0.832. The van der Waals surface area contributed by atoms with Crippen molar-refractivity contribution < 1.29 is 0 Å². The minimum Gasteiger partial charge on any atom is -0.368 e. The first-order valence-corrected chi connectivity index (χ1v) is 4.84. The van der Waals surface area contributed by atoms with Crippen molar-refractivity contribution in [3.05, 3.63) is 34.6 Å². The minimum absolute atomic E-state index is 0.0763. The highest BCUT2D eigenvalue weighted by molar-refractivity contribution is 6.30. The molecule has 2 aromatic rings. The van der Waals surface area contributed by atoms with Gasteiger partial charge < -0.3 is 5.73 Å². The van der Waals surface area contributed by atoms with E-state index < -0.39 is 0 Å². The number of halogens is 2.